The molecule has 1 aromatic carbocycles. The lowest BCUT2D eigenvalue weighted by atomic mass is 10.2. The molecule has 2 N–H and O–H groups in total. The quantitative estimate of drug-likeness (QED) is 0.902. The molecule has 7 nitrogen and oxygen atoms in total. The van der Waals surface area contributed by atoms with Crippen LogP contribution in [0.5, 0.6) is 5.75 Å². The first-order valence-corrected chi connectivity index (χ1v) is 7.62. The number of nitrogens with one attached hydrogen (secondary N) is 2. The molecule has 2 heterocycles. The van der Waals surface area contributed by atoms with Crippen molar-refractivity contribution < 1.29 is 9.53 Å². The molecule has 2 aromatic rings. The van der Waals surface area contributed by atoms with E-state index < -0.39 is 0 Å². The van der Waals surface area contributed by atoms with Gasteiger partial charge in [0.1, 0.15) is 6.61 Å². The Bertz CT molecular complexity index is 704. The third-order valence-electron chi connectivity index (χ3n) is 3.77. The summed E-state index contributed by atoms with van der Waals surface area (Å²) in [4.78, 5) is 22.7. The van der Waals surface area contributed by atoms with E-state index in [1.807, 2.05) is 12.3 Å². The van der Waals surface area contributed by atoms with Gasteiger partial charge >= 0.3 is 6.03 Å². The molecular formula is C15H18ClN5O2. The van der Waals surface area contributed by atoms with Gasteiger partial charge in [0.25, 0.3) is 0 Å². The number of aromatic amines is 1. The number of benzene rings is 1. The lowest BCUT2D eigenvalue weighted by molar-refractivity contribution is 0.249. The highest BCUT2D eigenvalue weighted by Crippen LogP contribution is 2.41. The number of anilines is 2. The van der Waals surface area contributed by atoms with Crippen LogP contribution in [0.15, 0.2) is 24.7 Å². The van der Waals surface area contributed by atoms with Crippen LogP contribution in [0.25, 0.3) is 0 Å². The number of imidazole rings is 1. The van der Waals surface area contributed by atoms with Gasteiger partial charge in [0.2, 0.25) is 0 Å². The molecule has 1 aromatic heterocycles. The second kappa shape index (κ2) is 6.37. The van der Waals surface area contributed by atoms with Crippen molar-refractivity contribution in [3.8, 4) is 5.75 Å². The highest BCUT2D eigenvalue weighted by molar-refractivity contribution is 6.33. The number of H-pyrrole nitrogens is 1. The molecule has 1 aliphatic rings. The highest BCUT2D eigenvalue weighted by Gasteiger charge is 2.24. The number of halogens is 1. The van der Waals surface area contributed by atoms with Crippen molar-refractivity contribution in [1.29, 1.82) is 0 Å². The van der Waals surface area contributed by atoms with Crippen LogP contribution in [0.1, 0.15) is 5.69 Å². The van der Waals surface area contributed by atoms with Crippen molar-refractivity contribution in [1.82, 2.24) is 15.3 Å². The fourth-order valence-electron chi connectivity index (χ4n) is 2.54. The summed E-state index contributed by atoms with van der Waals surface area (Å²) in [5.74, 6) is 0.641. The number of rotatable bonds is 3. The molecule has 8 heteroatoms. The number of aromatic nitrogens is 2. The van der Waals surface area contributed by atoms with Gasteiger partial charge < -0.3 is 19.9 Å². The molecule has 23 heavy (non-hydrogen) atoms. The van der Waals surface area contributed by atoms with Crippen LogP contribution in [0.2, 0.25) is 5.02 Å². The molecule has 0 fully saturated rings. The third kappa shape index (κ3) is 3.05. The van der Waals surface area contributed by atoms with Gasteiger partial charge in [-0.15, -0.1) is 0 Å². The van der Waals surface area contributed by atoms with E-state index in [4.69, 9.17) is 16.3 Å². The standard InChI is InChI=1S/C15H18ClN5O2/c1-17-15(22)20(2)11-5-12(16)14-13(6-11)21(3-4-23-14)8-10-7-18-9-19-10/h5-7,9H,3-4,8H2,1-2H3,(H,17,22)(H,18,19). The summed E-state index contributed by atoms with van der Waals surface area (Å²) in [6, 6.07) is 3.42. The Balaban J connectivity index is 1.96. The Hall–Kier alpha value is -2.41. The Labute approximate surface area is 139 Å². The van der Waals surface area contributed by atoms with Crippen molar-refractivity contribution in [2.24, 2.45) is 0 Å². The van der Waals surface area contributed by atoms with E-state index in [1.54, 1.807) is 26.5 Å². The number of carbonyl (C=O) groups is 1. The SMILES string of the molecule is CNC(=O)N(C)c1cc(Cl)c2c(c1)N(Cc1c[nH]cn1)CCO2. The van der Waals surface area contributed by atoms with Gasteiger partial charge in [-0.2, -0.15) is 0 Å². The third-order valence-corrected chi connectivity index (χ3v) is 4.05. The molecule has 1 aliphatic heterocycles. The van der Waals surface area contributed by atoms with Gasteiger partial charge in [-0.1, -0.05) is 11.6 Å². The zero-order chi connectivity index (χ0) is 16.4. The molecule has 0 unspecified atom stereocenters. The smallest absolute Gasteiger partial charge is 0.321 e. The monoisotopic (exact) mass is 335 g/mol. The van der Waals surface area contributed by atoms with Crippen LogP contribution in [0.3, 0.4) is 0 Å². The molecular weight excluding hydrogens is 318 g/mol. The Kier molecular flexibility index (Phi) is 4.29. The molecule has 122 valence electrons. The average molecular weight is 336 g/mol. The summed E-state index contributed by atoms with van der Waals surface area (Å²) >= 11 is 6.35. The van der Waals surface area contributed by atoms with Crippen LogP contribution in [0.4, 0.5) is 16.2 Å². The van der Waals surface area contributed by atoms with Crippen molar-refractivity contribution in [3.05, 3.63) is 35.4 Å². The summed E-state index contributed by atoms with van der Waals surface area (Å²) < 4.78 is 5.70. The van der Waals surface area contributed by atoms with Crippen molar-refractivity contribution >= 4 is 29.0 Å². The summed E-state index contributed by atoms with van der Waals surface area (Å²) in [6.45, 7) is 1.93. The number of amides is 2. The van der Waals surface area contributed by atoms with Crippen LogP contribution in [-0.2, 0) is 6.54 Å². The molecule has 0 aliphatic carbocycles. The minimum atomic E-state index is -0.211. The summed E-state index contributed by atoms with van der Waals surface area (Å²) in [5.41, 5.74) is 2.49. The molecule has 0 spiro atoms. The van der Waals surface area contributed by atoms with Crippen LogP contribution >= 0.6 is 11.6 Å². The lowest BCUT2D eigenvalue weighted by Gasteiger charge is -2.32. The Morgan fingerprint density at radius 3 is 3.09 bits per heavy atom. The zero-order valence-electron chi connectivity index (χ0n) is 13.0. The maximum atomic E-state index is 11.8. The number of nitrogens with zero attached hydrogens (tertiary/aromatic N) is 3. The number of ether oxygens (including phenoxy) is 1. The van der Waals surface area contributed by atoms with Gasteiger partial charge in [-0.3, -0.25) is 4.90 Å². The van der Waals surface area contributed by atoms with Gasteiger partial charge in [0.15, 0.2) is 5.75 Å². The molecule has 0 radical (unpaired) electrons. The number of urea groups is 1. The van der Waals surface area contributed by atoms with Gasteiger partial charge in [-0.05, 0) is 12.1 Å². The number of hydrogen-bond acceptors (Lipinski definition) is 4. The second-order valence-electron chi connectivity index (χ2n) is 5.22. The molecule has 2 amide bonds. The van der Waals surface area contributed by atoms with Gasteiger partial charge in [-0.25, -0.2) is 9.78 Å². The van der Waals surface area contributed by atoms with E-state index in [0.717, 1.165) is 17.9 Å². The highest BCUT2D eigenvalue weighted by atomic mass is 35.5. The Morgan fingerprint density at radius 1 is 1.57 bits per heavy atom. The summed E-state index contributed by atoms with van der Waals surface area (Å²) in [7, 11) is 3.28. The first-order chi connectivity index (χ1) is 11.1. The van der Waals surface area contributed by atoms with Crippen molar-refractivity contribution in [2.45, 2.75) is 6.54 Å². The van der Waals surface area contributed by atoms with E-state index in [2.05, 4.69) is 20.2 Å². The molecule has 0 bridgehead atoms. The first kappa shape index (κ1) is 15.5. The van der Waals surface area contributed by atoms with E-state index in [9.17, 15) is 4.79 Å². The predicted molar refractivity (Wildman–Crippen MR) is 89.4 cm³/mol. The maximum absolute atomic E-state index is 11.8. The van der Waals surface area contributed by atoms with E-state index >= 15 is 0 Å². The largest absolute Gasteiger partial charge is 0.488 e. The predicted octanol–water partition coefficient (Wildman–Crippen LogP) is 2.24. The fraction of sp³-hybridized carbons (Fsp3) is 0.333. The van der Waals surface area contributed by atoms with Crippen LogP contribution < -0.4 is 19.9 Å². The fourth-order valence-corrected chi connectivity index (χ4v) is 2.80. The van der Waals surface area contributed by atoms with E-state index in [1.165, 1.54) is 4.90 Å². The number of carbonyl (C=O) groups excluding carboxylic acids is 1. The van der Waals surface area contributed by atoms with Crippen LogP contribution in [-0.4, -0.2) is 43.2 Å². The van der Waals surface area contributed by atoms with Gasteiger partial charge in [0.05, 0.1) is 35.8 Å². The number of hydrogen-bond donors (Lipinski definition) is 2. The minimum Gasteiger partial charge on any atom is -0.488 e. The van der Waals surface area contributed by atoms with Gasteiger partial charge in [0, 0.05) is 26.0 Å². The molecule has 0 atom stereocenters. The van der Waals surface area contributed by atoms with Crippen molar-refractivity contribution in [3.63, 3.8) is 0 Å². The average Bonchev–Trinajstić information content (AvgIpc) is 3.07. The number of fused-ring (bicyclic) bond motifs is 1. The molecule has 3 rings (SSSR count). The minimum absolute atomic E-state index is 0.211. The van der Waals surface area contributed by atoms with Crippen LogP contribution in [0, 0.1) is 0 Å². The maximum Gasteiger partial charge on any atom is 0.321 e. The zero-order valence-corrected chi connectivity index (χ0v) is 13.7. The van der Waals surface area contributed by atoms with E-state index in [0.29, 0.717) is 29.6 Å². The lowest BCUT2D eigenvalue weighted by Crippen LogP contribution is -2.36. The summed E-state index contributed by atoms with van der Waals surface area (Å²) in [6.07, 6.45) is 3.51. The second-order valence-corrected chi connectivity index (χ2v) is 5.63. The molecule has 0 saturated heterocycles. The molecule has 0 saturated carbocycles. The topological polar surface area (TPSA) is 73.5 Å². The first-order valence-electron chi connectivity index (χ1n) is 7.24. The van der Waals surface area contributed by atoms with E-state index in [-0.39, 0.29) is 6.03 Å². The normalized spacial score (nSPS) is 13.3. The van der Waals surface area contributed by atoms with Crippen molar-refractivity contribution in [2.75, 3.05) is 37.0 Å². The Morgan fingerprint density at radius 2 is 2.39 bits per heavy atom. The summed E-state index contributed by atoms with van der Waals surface area (Å²) in [5, 5.41) is 3.08.